The minimum absolute atomic E-state index is 0.115. The Morgan fingerprint density at radius 2 is 2.60 bits per heavy atom. The lowest BCUT2D eigenvalue weighted by Gasteiger charge is -1.86. The van der Waals surface area contributed by atoms with Crippen molar-refractivity contribution in [2.75, 3.05) is 13.1 Å². The maximum Gasteiger partial charge on any atom is 0.0243 e. The fourth-order valence-corrected chi connectivity index (χ4v) is 0.125. The van der Waals surface area contributed by atoms with E-state index in [-0.39, 0.29) is 6.54 Å². The molecule has 0 unspecified atom stereocenters. The Morgan fingerprint density at radius 1 is 1.80 bits per heavy atom. The van der Waals surface area contributed by atoms with Gasteiger partial charge in [0.2, 0.25) is 0 Å². The molecule has 1 heteroatoms. The van der Waals surface area contributed by atoms with Gasteiger partial charge in [-0.1, -0.05) is 13.8 Å². The average Bonchev–Trinajstić information content (AvgIpc) is 1.59. The molecule has 0 spiro atoms. The first kappa shape index (κ1) is 1.61. The molecule has 1 N–H and O–H groups in total. The quantitative estimate of drug-likeness (QED) is 0.508. The van der Waals surface area contributed by atoms with Crippen molar-refractivity contribution in [3.05, 3.63) is 0 Å². The van der Waals surface area contributed by atoms with Crippen molar-refractivity contribution in [2.24, 2.45) is 0 Å². The molecular weight excluding hydrogens is 62.1 g/mol. The second-order valence-corrected chi connectivity index (χ2v) is 0.780. The minimum Gasteiger partial charge on any atom is -0.317 e. The molecule has 0 aromatic rings. The molecule has 0 heterocycles. The topological polar surface area (TPSA) is 12.0 Å². The Bertz CT molecular complexity index is 58.8. The van der Waals surface area contributed by atoms with Gasteiger partial charge in [-0.15, -0.1) is 0 Å². The Labute approximate surface area is 37.6 Å². The maximum absolute atomic E-state index is 6.71. The van der Waals surface area contributed by atoms with E-state index >= 15 is 0 Å². The third kappa shape index (κ3) is 3.96. The molecule has 0 atom stereocenters. The predicted octanol–water partition coefficient (Wildman–Crippen LogP) is 0.616. The summed E-state index contributed by atoms with van der Waals surface area (Å²) in [5.74, 6) is 0. The van der Waals surface area contributed by atoms with E-state index in [1.807, 2.05) is 6.92 Å². The zero-order valence-corrected chi connectivity index (χ0v) is 3.41. The van der Waals surface area contributed by atoms with Crippen LogP contribution in [0.15, 0.2) is 0 Å². The van der Waals surface area contributed by atoms with Gasteiger partial charge in [0, 0.05) is 4.11 Å². The van der Waals surface area contributed by atoms with Gasteiger partial charge in [0.25, 0.3) is 0 Å². The summed E-state index contributed by atoms with van der Waals surface area (Å²) in [6, 6.07) is 0. The van der Waals surface area contributed by atoms with Crippen LogP contribution in [0.1, 0.15) is 17.9 Å². The van der Waals surface area contributed by atoms with Crippen LogP contribution in [0, 0.1) is 0 Å². The van der Waals surface area contributed by atoms with Crippen LogP contribution in [-0.4, -0.2) is 13.1 Å². The van der Waals surface area contributed by atoms with E-state index in [9.17, 15) is 0 Å². The van der Waals surface area contributed by atoms with Crippen LogP contribution in [0.5, 0.6) is 0 Å². The van der Waals surface area contributed by atoms with E-state index in [2.05, 4.69) is 5.32 Å². The molecule has 5 heavy (non-hydrogen) atoms. The molecule has 0 amide bonds. The summed E-state index contributed by atoms with van der Waals surface area (Å²) >= 11 is 0. The summed E-state index contributed by atoms with van der Waals surface area (Å²) in [7, 11) is 0. The fraction of sp³-hybridized carbons (Fsp3) is 1.00. The molecule has 0 radical (unpaired) electrons. The SMILES string of the molecule is [2H]C([2H])([2H])CNCC. The van der Waals surface area contributed by atoms with Gasteiger partial charge in [-0.2, -0.15) is 0 Å². The Hall–Kier alpha value is -0.0400. The zero-order chi connectivity index (χ0) is 6.62. The molecule has 0 fully saturated rings. The lowest BCUT2D eigenvalue weighted by Crippen LogP contribution is -2.09. The van der Waals surface area contributed by atoms with Crippen molar-refractivity contribution in [1.29, 1.82) is 0 Å². The van der Waals surface area contributed by atoms with E-state index in [0.29, 0.717) is 0 Å². The summed E-state index contributed by atoms with van der Waals surface area (Å²) < 4.78 is 20.1. The average molecular weight is 76.2 g/mol. The van der Waals surface area contributed by atoms with E-state index < -0.39 is 6.85 Å². The monoisotopic (exact) mass is 76.1 g/mol. The van der Waals surface area contributed by atoms with Crippen molar-refractivity contribution in [3.8, 4) is 0 Å². The van der Waals surface area contributed by atoms with Crippen molar-refractivity contribution in [3.63, 3.8) is 0 Å². The first-order chi connectivity index (χ1) is 3.56. The maximum atomic E-state index is 6.71. The lowest BCUT2D eigenvalue weighted by molar-refractivity contribution is 0.762. The molecular formula is C4H11N. The molecule has 0 aromatic carbocycles. The van der Waals surface area contributed by atoms with Crippen LogP contribution in [0.25, 0.3) is 0 Å². The second-order valence-electron chi connectivity index (χ2n) is 0.780. The van der Waals surface area contributed by atoms with E-state index in [1.54, 1.807) is 0 Å². The largest absolute Gasteiger partial charge is 0.317 e. The summed E-state index contributed by atoms with van der Waals surface area (Å²) in [4.78, 5) is 0. The summed E-state index contributed by atoms with van der Waals surface area (Å²) in [6.45, 7) is 0.906. The molecule has 0 aromatic heterocycles. The first-order valence-electron chi connectivity index (χ1n) is 3.27. The van der Waals surface area contributed by atoms with Gasteiger partial charge in [-0.05, 0) is 13.1 Å². The molecule has 0 aliphatic heterocycles. The van der Waals surface area contributed by atoms with Crippen LogP contribution < -0.4 is 5.32 Å². The van der Waals surface area contributed by atoms with Crippen molar-refractivity contribution < 1.29 is 4.11 Å². The van der Waals surface area contributed by atoms with Gasteiger partial charge in [0.15, 0.2) is 0 Å². The molecule has 0 bridgehead atoms. The Kier molecular flexibility index (Phi) is 1.27. The lowest BCUT2D eigenvalue weighted by atomic mass is 10.7. The van der Waals surface area contributed by atoms with Crippen molar-refractivity contribution in [2.45, 2.75) is 13.8 Å². The predicted molar refractivity (Wildman–Crippen MR) is 24.2 cm³/mol. The summed E-state index contributed by atoms with van der Waals surface area (Å²) in [5, 5.41) is 2.73. The standard InChI is InChI=1S/C4H11N/c1-3-5-4-2/h5H,3-4H2,1-2H3/i1D3. The van der Waals surface area contributed by atoms with Gasteiger partial charge in [0.05, 0.1) is 0 Å². The highest BCUT2D eigenvalue weighted by molar-refractivity contribution is 4.27. The molecule has 0 saturated carbocycles. The first-order valence-corrected chi connectivity index (χ1v) is 1.77. The van der Waals surface area contributed by atoms with Crippen LogP contribution in [0.2, 0.25) is 0 Å². The minimum atomic E-state index is -1.81. The number of hydrogen-bond donors (Lipinski definition) is 1. The van der Waals surface area contributed by atoms with Gasteiger partial charge < -0.3 is 5.32 Å². The van der Waals surface area contributed by atoms with Crippen LogP contribution in [-0.2, 0) is 0 Å². The molecule has 0 aliphatic rings. The molecule has 0 aliphatic carbocycles. The summed E-state index contributed by atoms with van der Waals surface area (Å²) in [5.41, 5.74) is 0. The molecule has 32 valence electrons. The second kappa shape index (κ2) is 3.96. The Morgan fingerprint density at radius 3 is 2.80 bits per heavy atom. The van der Waals surface area contributed by atoms with Gasteiger partial charge in [0.1, 0.15) is 0 Å². The Balaban J connectivity index is 3.11. The smallest absolute Gasteiger partial charge is 0.0243 e. The third-order valence-corrected chi connectivity index (χ3v) is 0.375. The van der Waals surface area contributed by atoms with Crippen molar-refractivity contribution in [1.82, 2.24) is 5.32 Å². The third-order valence-electron chi connectivity index (χ3n) is 0.375. The molecule has 1 nitrogen and oxygen atoms in total. The highest BCUT2D eigenvalue weighted by Gasteiger charge is 1.62. The van der Waals surface area contributed by atoms with E-state index in [4.69, 9.17) is 4.11 Å². The highest BCUT2D eigenvalue weighted by Crippen LogP contribution is 1.47. The van der Waals surface area contributed by atoms with Crippen LogP contribution in [0.3, 0.4) is 0 Å². The fourth-order valence-electron chi connectivity index (χ4n) is 0.125. The molecule has 0 saturated heterocycles. The van der Waals surface area contributed by atoms with E-state index in [0.717, 1.165) is 6.54 Å². The number of rotatable bonds is 2. The highest BCUT2D eigenvalue weighted by atomic mass is 14.8. The normalized spacial score (nSPS) is 19.8. The zero-order valence-electron chi connectivity index (χ0n) is 6.41. The van der Waals surface area contributed by atoms with Gasteiger partial charge in [-0.3, -0.25) is 0 Å². The van der Waals surface area contributed by atoms with Crippen LogP contribution >= 0.6 is 0 Å². The van der Waals surface area contributed by atoms with Crippen molar-refractivity contribution >= 4 is 0 Å². The number of nitrogens with one attached hydrogen (secondary N) is 1. The molecule has 0 rings (SSSR count). The van der Waals surface area contributed by atoms with Gasteiger partial charge >= 0.3 is 0 Å². The summed E-state index contributed by atoms with van der Waals surface area (Å²) in [6.07, 6.45) is 0. The van der Waals surface area contributed by atoms with E-state index in [1.165, 1.54) is 0 Å². The van der Waals surface area contributed by atoms with Gasteiger partial charge in [-0.25, -0.2) is 0 Å². The number of hydrogen-bond acceptors (Lipinski definition) is 1. The van der Waals surface area contributed by atoms with Crippen LogP contribution in [0.4, 0.5) is 0 Å².